The molecule has 25 heavy (non-hydrogen) atoms. The third-order valence-electron chi connectivity index (χ3n) is 5.20. The van der Waals surface area contributed by atoms with Crippen LogP contribution in [0.1, 0.15) is 31.7 Å². The number of para-hydroxylation sites is 1. The first-order valence-electron chi connectivity index (χ1n) is 9.04. The molecule has 128 valence electrons. The number of rotatable bonds is 3. The number of aromatic amines is 1. The van der Waals surface area contributed by atoms with Crippen LogP contribution >= 0.6 is 0 Å². The number of benzene rings is 2. The van der Waals surface area contributed by atoms with E-state index in [4.69, 9.17) is 4.98 Å². The largest absolute Gasteiger partial charge is 0.306 e. The third-order valence-corrected chi connectivity index (χ3v) is 5.20. The maximum absolute atomic E-state index is 12.4. The highest BCUT2D eigenvalue weighted by molar-refractivity contribution is 5.79. The molecule has 3 aromatic rings. The van der Waals surface area contributed by atoms with Crippen molar-refractivity contribution in [3.63, 3.8) is 0 Å². The van der Waals surface area contributed by atoms with E-state index in [9.17, 15) is 4.79 Å². The Morgan fingerprint density at radius 2 is 1.92 bits per heavy atom. The zero-order chi connectivity index (χ0) is 17.2. The fourth-order valence-electron chi connectivity index (χ4n) is 3.71. The minimum atomic E-state index is -0.0817. The van der Waals surface area contributed by atoms with E-state index in [1.807, 2.05) is 30.3 Å². The van der Waals surface area contributed by atoms with E-state index >= 15 is 0 Å². The summed E-state index contributed by atoms with van der Waals surface area (Å²) in [5, 5.41) is 0.633. The second-order valence-electron chi connectivity index (χ2n) is 6.90. The van der Waals surface area contributed by atoms with Crippen LogP contribution in [0.2, 0.25) is 0 Å². The summed E-state index contributed by atoms with van der Waals surface area (Å²) in [7, 11) is 0. The molecule has 1 fully saturated rings. The van der Waals surface area contributed by atoms with E-state index in [1.54, 1.807) is 0 Å². The second kappa shape index (κ2) is 6.81. The van der Waals surface area contributed by atoms with Crippen LogP contribution in [0.25, 0.3) is 22.3 Å². The molecule has 1 atom stereocenters. The SMILES string of the molecule is CC1CCCCN1Cc1ccccc1-c1nc2ccccc2c(=O)[nH]1. The van der Waals surface area contributed by atoms with Gasteiger partial charge in [-0.3, -0.25) is 9.69 Å². The van der Waals surface area contributed by atoms with Crippen molar-refractivity contribution in [3.8, 4) is 11.4 Å². The number of likely N-dealkylation sites (tertiary alicyclic amines) is 1. The Balaban J connectivity index is 1.75. The minimum absolute atomic E-state index is 0.0817. The van der Waals surface area contributed by atoms with Crippen LogP contribution in [0.4, 0.5) is 0 Å². The summed E-state index contributed by atoms with van der Waals surface area (Å²) < 4.78 is 0. The van der Waals surface area contributed by atoms with Gasteiger partial charge in [-0.1, -0.05) is 42.8 Å². The summed E-state index contributed by atoms with van der Waals surface area (Å²) in [5.41, 5.74) is 2.89. The lowest BCUT2D eigenvalue weighted by atomic mass is 10.0. The number of hydrogen-bond acceptors (Lipinski definition) is 3. The molecule has 4 rings (SSSR count). The van der Waals surface area contributed by atoms with Crippen molar-refractivity contribution >= 4 is 10.9 Å². The molecule has 4 heteroatoms. The molecule has 0 bridgehead atoms. The summed E-state index contributed by atoms with van der Waals surface area (Å²) in [5.74, 6) is 0.656. The number of nitrogens with zero attached hydrogens (tertiary/aromatic N) is 2. The molecule has 1 aliphatic heterocycles. The first kappa shape index (κ1) is 16.0. The summed E-state index contributed by atoms with van der Waals surface area (Å²) in [6.07, 6.45) is 3.84. The van der Waals surface area contributed by atoms with E-state index in [1.165, 1.54) is 24.8 Å². The quantitative estimate of drug-likeness (QED) is 0.789. The van der Waals surface area contributed by atoms with Crippen molar-refractivity contribution in [2.45, 2.75) is 38.8 Å². The Morgan fingerprint density at radius 3 is 2.80 bits per heavy atom. The number of aromatic nitrogens is 2. The lowest BCUT2D eigenvalue weighted by Crippen LogP contribution is -2.36. The lowest BCUT2D eigenvalue weighted by molar-refractivity contribution is 0.153. The summed E-state index contributed by atoms with van der Waals surface area (Å²) >= 11 is 0. The van der Waals surface area contributed by atoms with Crippen molar-refractivity contribution in [2.24, 2.45) is 0 Å². The molecule has 1 aliphatic rings. The smallest absolute Gasteiger partial charge is 0.259 e. The van der Waals surface area contributed by atoms with Gasteiger partial charge in [-0.25, -0.2) is 4.98 Å². The van der Waals surface area contributed by atoms with Gasteiger partial charge in [0.25, 0.3) is 5.56 Å². The molecule has 0 amide bonds. The predicted molar refractivity (Wildman–Crippen MR) is 102 cm³/mol. The molecular formula is C21H23N3O. The minimum Gasteiger partial charge on any atom is -0.306 e. The van der Waals surface area contributed by atoms with Crippen LogP contribution in [0, 0.1) is 0 Å². The highest BCUT2D eigenvalue weighted by Crippen LogP contribution is 2.25. The molecule has 1 aromatic heterocycles. The summed E-state index contributed by atoms with van der Waals surface area (Å²) in [6.45, 7) is 4.34. The van der Waals surface area contributed by atoms with E-state index in [0.717, 1.165) is 24.2 Å². The topological polar surface area (TPSA) is 49.0 Å². The van der Waals surface area contributed by atoms with Crippen LogP contribution in [-0.4, -0.2) is 27.5 Å². The van der Waals surface area contributed by atoms with Crippen molar-refractivity contribution in [1.82, 2.24) is 14.9 Å². The predicted octanol–water partition coefficient (Wildman–Crippen LogP) is 3.96. The van der Waals surface area contributed by atoms with E-state index in [0.29, 0.717) is 17.3 Å². The molecule has 1 saturated heterocycles. The van der Waals surface area contributed by atoms with Gasteiger partial charge in [0.05, 0.1) is 10.9 Å². The van der Waals surface area contributed by atoms with Gasteiger partial charge in [-0.2, -0.15) is 0 Å². The normalized spacial score (nSPS) is 18.5. The van der Waals surface area contributed by atoms with Gasteiger partial charge in [0.2, 0.25) is 0 Å². The zero-order valence-electron chi connectivity index (χ0n) is 14.5. The Hall–Kier alpha value is -2.46. The summed E-state index contributed by atoms with van der Waals surface area (Å²) in [6, 6.07) is 16.4. The fraction of sp³-hybridized carbons (Fsp3) is 0.333. The first-order chi connectivity index (χ1) is 12.2. The average Bonchev–Trinajstić information content (AvgIpc) is 2.64. The molecule has 4 nitrogen and oxygen atoms in total. The van der Waals surface area contributed by atoms with Crippen LogP contribution in [-0.2, 0) is 6.54 Å². The molecule has 2 aromatic carbocycles. The number of hydrogen-bond donors (Lipinski definition) is 1. The molecule has 0 spiro atoms. The Morgan fingerprint density at radius 1 is 1.12 bits per heavy atom. The van der Waals surface area contributed by atoms with Gasteiger partial charge in [0.1, 0.15) is 5.82 Å². The maximum atomic E-state index is 12.4. The van der Waals surface area contributed by atoms with Gasteiger partial charge >= 0.3 is 0 Å². The molecule has 0 radical (unpaired) electrons. The van der Waals surface area contributed by atoms with Gasteiger partial charge in [-0.15, -0.1) is 0 Å². The third kappa shape index (κ3) is 3.22. The summed E-state index contributed by atoms with van der Waals surface area (Å²) in [4.78, 5) is 22.6. The Kier molecular flexibility index (Phi) is 4.36. The molecule has 1 unspecified atom stereocenters. The van der Waals surface area contributed by atoms with Crippen molar-refractivity contribution in [2.75, 3.05) is 6.54 Å². The maximum Gasteiger partial charge on any atom is 0.259 e. The van der Waals surface area contributed by atoms with E-state index < -0.39 is 0 Å². The van der Waals surface area contributed by atoms with E-state index in [-0.39, 0.29) is 5.56 Å². The number of H-pyrrole nitrogens is 1. The van der Waals surface area contributed by atoms with Gasteiger partial charge in [0, 0.05) is 18.2 Å². The van der Waals surface area contributed by atoms with Crippen LogP contribution in [0.5, 0.6) is 0 Å². The van der Waals surface area contributed by atoms with Crippen LogP contribution in [0.3, 0.4) is 0 Å². The van der Waals surface area contributed by atoms with Gasteiger partial charge < -0.3 is 4.98 Å². The number of nitrogens with one attached hydrogen (secondary N) is 1. The lowest BCUT2D eigenvalue weighted by Gasteiger charge is -2.33. The van der Waals surface area contributed by atoms with Crippen LogP contribution < -0.4 is 5.56 Å². The second-order valence-corrected chi connectivity index (χ2v) is 6.90. The molecule has 0 aliphatic carbocycles. The van der Waals surface area contributed by atoms with Crippen molar-refractivity contribution < 1.29 is 0 Å². The molecule has 2 heterocycles. The number of piperidine rings is 1. The monoisotopic (exact) mass is 333 g/mol. The van der Waals surface area contributed by atoms with Gasteiger partial charge in [-0.05, 0) is 44.0 Å². The standard InChI is InChI=1S/C21H23N3O/c1-15-8-6-7-13-24(15)14-16-9-2-3-10-17(16)20-22-19-12-5-4-11-18(19)21(25)23-20/h2-5,9-12,15H,6-8,13-14H2,1H3,(H,22,23,25). The highest BCUT2D eigenvalue weighted by Gasteiger charge is 2.20. The highest BCUT2D eigenvalue weighted by atomic mass is 16.1. The average molecular weight is 333 g/mol. The number of fused-ring (bicyclic) bond motifs is 1. The molecule has 0 saturated carbocycles. The van der Waals surface area contributed by atoms with Gasteiger partial charge in [0.15, 0.2) is 0 Å². The zero-order valence-corrected chi connectivity index (χ0v) is 14.5. The Labute approximate surface area is 147 Å². The first-order valence-corrected chi connectivity index (χ1v) is 9.04. The Bertz CT molecular complexity index is 947. The van der Waals surface area contributed by atoms with Crippen molar-refractivity contribution in [1.29, 1.82) is 0 Å². The van der Waals surface area contributed by atoms with Crippen molar-refractivity contribution in [3.05, 3.63) is 64.4 Å². The molecular weight excluding hydrogens is 310 g/mol. The van der Waals surface area contributed by atoms with Crippen LogP contribution in [0.15, 0.2) is 53.3 Å². The molecule has 1 N–H and O–H groups in total. The fourth-order valence-corrected chi connectivity index (χ4v) is 3.71. The van der Waals surface area contributed by atoms with E-state index in [2.05, 4.69) is 35.0 Å².